The van der Waals surface area contributed by atoms with Gasteiger partial charge in [0.25, 0.3) is 5.91 Å². The van der Waals surface area contributed by atoms with Gasteiger partial charge in [0.15, 0.2) is 0 Å². The molecule has 2 atom stereocenters. The molecule has 0 heterocycles. The van der Waals surface area contributed by atoms with E-state index >= 15 is 0 Å². The van der Waals surface area contributed by atoms with E-state index in [-0.39, 0.29) is 0 Å². The number of carbonyl (C=O) groups is 1. The highest BCUT2D eigenvalue weighted by Gasteiger charge is 2.24. The molecule has 0 saturated heterocycles. The highest BCUT2D eigenvalue weighted by atomic mass is 32.1. The first-order valence-corrected chi connectivity index (χ1v) is 7.39. The molecule has 0 bridgehead atoms. The van der Waals surface area contributed by atoms with Gasteiger partial charge in [0.2, 0.25) is 0 Å². The van der Waals surface area contributed by atoms with Gasteiger partial charge in [-0.2, -0.15) is 0 Å². The lowest BCUT2D eigenvalue weighted by molar-refractivity contribution is -0.124. The van der Waals surface area contributed by atoms with E-state index in [4.69, 9.17) is 5.73 Å². The molecule has 1 aliphatic carbocycles. The fourth-order valence-electron chi connectivity index (χ4n) is 2.23. The van der Waals surface area contributed by atoms with Crippen LogP contribution in [0.5, 0.6) is 0 Å². The zero-order valence-corrected chi connectivity index (χ0v) is 12.6. The first kappa shape index (κ1) is 15.8. The van der Waals surface area contributed by atoms with Gasteiger partial charge in [-0.3, -0.25) is 4.79 Å². The van der Waals surface area contributed by atoms with Crippen LogP contribution in [-0.2, 0) is 4.79 Å². The summed E-state index contributed by atoms with van der Waals surface area (Å²) in [5.74, 6) is -0.492. The highest BCUT2D eigenvalue weighted by molar-refractivity contribution is 7.80. The van der Waals surface area contributed by atoms with Gasteiger partial charge < -0.3 is 16.2 Å². The third-order valence-electron chi connectivity index (χ3n) is 3.39. The highest BCUT2D eigenvalue weighted by Crippen LogP contribution is 2.18. The summed E-state index contributed by atoms with van der Waals surface area (Å²) in [6, 6.07) is 6.44. The standard InChI is InChI=1S/C16H20N2O2S/c17-14(9-11-5-2-1-3-6-11)15(19)16(20)18-12-7-4-8-13(21)10-12/h1-2,4-5,7-8,10,14-15,19,21H,3,6,9,17H2,(H,18,20). The van der Waals surface area contributed by atoms with Crippen LogP contribution < -0.4 is 11.1 Å². The molecule has 21 heavy (non-hydrogen) atoms. The lowest BCUT2D eigenvalue weighted by atomic mass is 9.95. The number of amides is 1. The van der Waals surface area contributed by atoms with Crippen molar-refractivity contribution >= 4 is 24.2 Å². The number of hydrogen-bond donors (Lipinski definition) is 4. The number of hydrogen-bond acceptors (Lipinski definition) is 4. The molecular formula is C16H20N2O2S. The van der Waals surface area contributed by atoms with Crippen molar-refractivity contribution in [2.45, 2.75) is 36.3 Å². The maximum atomic E-state index is 12.0. The van der Waals surface area contributed by atoms with Crippen molar-refractivity contribution in [3.8, 4) is 0 Å². The van der Waals surface area contributed by atoms with Crippen LogP contribution in [0.2, 0.25) is 0 Å². The summed E-state index contributed by atoms with van der Waals surface area (Å²) in [4.78, 5) is 12.7. The van der Waals surface area contributed by atoms with Gasteiger partial charge in [-0.05, 0) is 37.5 Å². The Morgan fingerprint density at radius 3 is 2.95 bits per heavy atom. The van der Waals surface area contributed by atoms with Gasteiger partial charge >= 0.3 is 0 Å². The molecule has 5 heteroatoms. The van der Waals surface area contributed by atoms with Gasteiger partial charge in [0.05, 0.1) is 0 Å². The van der Waals surface area contributed by atoms with Crippen LogP contribution >= 0.6 is 12.6 Å². The Balaban J connectivity index is 1.92. The largest absolute Gasteiger partial charge is 0.382 e. The first-order valence-electron chi connectivity index (χ1n) is 6.94. The van der Waals surface area contributed by atoms with Crippen LogP contribution in [0.25, 0.3) is 0 Å². The molecule has 2 rings (SSSR count). The molecule has 1 aromatic rings. The Hall–Kier alpha value is -1.56. The molecule has 0 saturated carbocycles. The van der Waals surface area contributed by atoms with E-state index in [9.17, 15) is 9.90 Å². The number of anilines is 1. The lowest BCUT2D eigenvalue weighted by Gasteiger charge is -2.20. The van der Waals surface area contributed by atoms with E-state index < -0.39 is 18.1 Å². The number of aliphatic hydroxyl groups is 1. The van der Waals surface area contributed by atoms with Gasteiger partial charge in [0.1, 0.15) is 6.10 Å². The monoisotopic (exact) mass is 304 g/mol. The number of nitrogens with one attached hydrogen (secondary N) is 1. The predicted molar refractivity (Wildman–Crippen MR) is 87.4 cm³/mol. The number of benzene rings is 1. The van der Waals surface area contributed by atoms with Crippen molar-refractivity contribution in [2.75, 3.05) is 5.32 Å². The van der Waals surface area contributed by atoms with E-state index in [0.29, 0.717) is 12.1 Å². The Labute approximate surface area is 130 Å². The van der Waals surface area contributed by atoms with Crippen molar-refractivity contribution in [2.24, 2.45) is 5.73 Å². The number of nitrogens with two attached hydrogens (primary N) is 1. The quantitative estimate of drug-likeness (QED) is 0.630. The third kappa shape index (κ3) is 4.74. The number of rotatable bonds is 5. The van der Waals surface area contributed by atoms with Crippen molar-refractivity contribution < 1.29 is 9.90 Å². The average molecular weight is 304 g/mol. The maximum Gasteiger partial charge on any atom is 0.254 e. The Bertz CT molecular complexity index is 569. The third-order valence-corrected chi connectivity index (χ3v) is 3.66. The van der Waals surface area contributed by atoms with Crippen LogP contribution in [0, 0.1) is 0 Å². The normalized spacial score (nSPS) is 17.0. The fourth-order valence-corrected chi connectivity index (χ4v) is 2.46. The number of carbonyl (C=O) groups excluding carboxylic acids is 1. The summed E-state index contributed by atoms with van der Waals surface area (Å²) in [5.41, 5.74) is 7.70. The predicted octanol–water partition coefficient (Wildman–Crippen LogP) is 2.27. The summed E-state index contributed by atoms with van der Waals surface area (Å²) in [5, 5.41) is 12.7. The van der Waals surface area contributed by atoms with Gasteiger partial charge in [-0.1, -0.05) is 29.9 Å². The first-order chi connectivity index (χ1) is 10.1. The zero-order chi connectivity index (χ0) is 15.2. The van der Waals surface area contributed by atoms with E-state index in [1.807, 2.05) is 18.2 Å². The fraction of sp³-hybridized carbons (Fsp3) is 0.312. The van der Waals surface area contributed by atoms with Gasteiger partial charge in [0, 0.05) is 16.6 Å². The van der Waals surface area contributed by atoms with Gasteiger partial charge in [-0.25, -0.2) is 0 Å². The molecule has 0 spiro atoms. The molecular weight excluding hydrogens is 284 g/mol. The molecule has 2 unspecified atom stereocenters. The summed E-state index contributed by atoms with van der Waals surface area (Å²) < 4.78 is 0. The molecule has 0 radical (unpaired) electrons. The molecule has 1 aromatic carbocycles. The molecule has 1 aliphatic rings. The minimum absolute atomic E-state index is 0.492. The molecule has 4 N–H and O–H groups in total. The second-order valence-electron chi connectivity index (χ2n) is 5.14. The van der Waals surface area contributed by atoms with Crippen LogP contribution in [-0.4, -0.2) is 23.2 Å². The van der Waals surface area contributed by atoms with Crippen molar-refractivity contribution in [3.05, 3.63) is 48.1 Å². The topological polar surface area (TPSA) is 75.3 Å². The minimum atomic E-state index is -1.24. The van der Waals surface area contributed by atoms with Crippen molar-refractivity contribution in [3.63, 3.8) is 0 Å². The molecule has 112 valence electrons. The maximum absolute atomic E-state index is 12.0. The summed E-state index contributed by atoms with van der Waals surface area (Å²) in [6.07, 6.45) is 7.26. The summed E-state index contributed by atoms with van der Waals surface area (Å²) in [6.45, 7) is 0. The molecule has 0 fully saturated rings. The number of aliphatic hydroxyl groups excluding tert-OH is 1. The molecule has 4 nitrogen and oxygen atoms in total. The molecule has 0 aliphatic heterocycles. The number of allylic oxidation sites excluding steroid dienone is 3. The summed E-state index contributed by atoms with van der Waals surface area (Å²) in [7, 11) is 0. The second kappa shape index (κ2) is 7.45. The number of thiol groups is 1. The van der Waals surface area contributed by atoms with Crippen LogP contribution in [0.4, 0.5) is 5.69 Å². The summed E-state index contributed by atoms with van der Waals surface area (Å²) >= 11 is 4.20. The zero-order valence-electron chi connectivity index (χ0n) is 11.7. The van der Waals surface area contributed by atoms with E-state index in [0.717, 1.165) is 23.3 Å². The van der Waals surface area contributed by atoms with Gasteiger partial charge in [-0.15, -0.1) is 12.6 Å². The van der Waals surface area contributed by atoms with Crippen LogP contribution in [0.1, 0.15) is 19.3 Å². The smallest absolute Gasteiger partial charge is 0.254 e. The SMILES string of the molecule is NC(CC1=CC=CCC1)C(O)C(=O)Nc1cccc(S)c1. The minimum Gasteiger partial charge on any atom is -0.382 e. The average Bonchev–Trinajstić information content (AvgIpc) is 2.47. The second-order valence-corrected chi connectivity index (χ2v) is 5.66. The Kier molecular flexibility index (Phi) is 5.61. The van der Waals surface area contributed by atoms with Crippen molar-refractivity contribution in [1.82, 2.24) is 0 Å². The molecule has 0 aromatic heterocycles. The van der Waals surface area contributed by atoms with E-state index in [1.54, 1.807) is 18.2 Å². The molecule has 1 amide bonds. The lowest BCUT2D eigenvalue weighted by Crippen LogP contribution is -2.43. The Morgan fingerprint density at radius 1 is 1.48 bits per heavy atom. The van der Waals surface area contributed by atoms with Crippen LogP contribution in [0.3, 0.4) is 0 Å². The van der Waals surface area contributed by atoms with Crippen LogP contribution in [0.15, 0.2) is 53.0 Å². The van der Waals surface area contributed by atoms with E-state index in [2.05, 4.69) is 24.0 Å². The van der Waals surface area contributed by atoms with Crippen molar-refractivity contribution in [1.29, 1.82) is 0 Å². The Morgan fingerprint density at radius 2 is 2.29 bits per heavy atom. The van der Waals surface area contributed by atoms with E-state index in [1.165, 1.54) is 0 Å².